The van der Waals surface area contributed by atoms with E-state index in [9.17, 15) is 9.59 Å². The topological polar surface area (TPSA) is 78.4 Å². The van der Waals surface area contributed by atoms with Gasteiger partial charge in [-0.3, -0.25) is 4.79 Å². The maximum absolute atomic E-state index is 10.8. The Morgan fingerprint density at radius 1 is 1.50 bits per heavy atom. The molecule has 82 valence electrons. The first-order valence-electron chi connectivity index (χ1n) is 4.34. The number of hydrogen-bond donors (Lipinski definition) is 3. The Kier molecular flexibility index (Phi) is 7.41. The lowest BCUT2D eigenvalue weighted by Gasteiger charge is -2.11. The lowest BCUT2D eigenvalue weighted by atomic mass is 10.3. The number of nitrogens with one attached hydrogen (secondary N) is 2. The highest BCUT2D eigenvalue weighted by Gasteiger charge is 2.04. The number of carboxylic acid groups (broad SMARTS) is 1. The van der Waals surface area contributed by atoms with Gasteiger partial charge in [0.25, 0.3) is 0 Å². The minimum Gasteiger partial charge on any atom is -0.465 e. The fraction of sp³-hybridized carbons (Fsp3) is 0.750. The largest absolute Gasteiger partial charge is 0.465 e. The van der Waals surface area contributed by atoms with Gasteiger partial charge in [0.05, 0.1) is 5.33 Å². The molecule has 0 saturated heterocycles. The van der Waals surface area contributed by atoms with Crippen molar-refractivity contribution in [1.29, 1.82) is 0 Å². The number of ketones is 1. The first kappa shape index (κ1) is 13.4. The smallest absolute Gasteiger partial charge is 0.404 e. The van der Waals surface area contributed by atoms with Crippen molar-refractivity contribution in [1.82, 2.24) is 10.6 Å². The summed E-state index contributed by atoms with van der Waals surface area (Å²) in [5.41, 5.74) is 0. The molecule has 3 N–H and O–H groups in total. The molecule has 1 atom stereocenters. The van der Waals surface area contributed by atoms with Crippen LogP contribution in [0.1, 0.15) is 13.3 Å². The van der Waals surface area contributed by atoms with Crippen molar-refractivity contribution in [3.8, 4) is 0 Å². The maximum atomic E-state index is 10.8. The number of carbonyl (C=O) groups excluding carboxylic acids is 1. The second kappa shape index (κ2) is 7.75. The Labute approximate surface area is 91.4 Å². The highest BCUT2D eigenvalue weighted by molar-refractivity contribution is 9.09. The molecule has 0 bridgehead atoms. The maximum Gasteiger partial charge on any atom is 0.404 e. The highest BCUT2D eigenvalue weighted by atomic mass is 79.9. The first-order chi connectivity index (χ1) is 6.56. The summed E-state index contributed by atoms with van der Waals surface area (Å²) in [6.45, 7) is 2.87. The van der Waals surface area contributed by atoms with Gasteiger partial charge in [0.1, 0.15) is 5.78 Å². The summed E-state index contributed by atoms with van der Waals surface area (Å²) < 4.78 is 0. The standard InChI is InChI=1S/C8H15BrN2O3/c1-6(11-8(13)14)5-10-3-2-7(12)4-9/h6,10-11H,2-5H2,1H3,(H,13,14)/t6-/m0/s1. The van der Waals surface area contributed by atoms with E-state index >= 15 is 0 Å². The summed E-state index contributed by atoms with van der Waals surface area (Å²) in [4.78, 5) is 21.0. The van der Waals surface area contributed by atoms with Gasteiger partial charge in [-0.05, 0) is 6.92 Å². The molecule has 0 rings (SSSR count). The molecular weight excluding hydrogens is 252 g/mol. The summed E-state index contributed by atoms with van der Waals surface area (Å²) in [6, 6.07) is -0.147. The van der Waals surface area contributed by atoms with Crippen LogP contribution >= 0.6 is 15.9 Å². The molecule has 14 heavy (non-hydrogen) atoms. The lowest BCUT2D eigenvalue weighted by molar-refractivity contribution is -0.116. The van der Waals surface area contributed by atoms with Crippen molar-refractivity contribution in [2.24, 2.45) is 0 Å². The second-order valence-electron chi connectivity index (χ2n) is 2.98. The molecule has 0 spiro atoms. The Balaban J connectivity index is 3.35. The van der Waals surface area contributed by atoms with Crippen LogP contribution in [-0.2, 0) is 4.79 Å². The zero-order chi connectivity index (χ0) is 11.0. The van der Waals surface area contributed by atoms with Crippen LogP contribution in [0.25, 0.3) is 0 Å². The number of hydrogen-bond acceptors (Lipinski definition) is 3. The molecule has 5 nitrogen and oxygen atoms in total. The Bertz CT molecular complexity index is 199. The van der Waals surface area contributed by atoms with E-state index in [0.29, 0.717) is 24.8 Å². The number of amides is 1. The average Bonchev–Trinajstić information content (AvgIpc) is 2.10. The molecular formula is C8H15BrN2O3. The minimum atomic E-state index is -1.03. The number of carbonyl (C=O) groups is 2. The third kappa shape index (κ3) is 8.00. The van der Waals surface area contributed by atoms with Crippen molar-refractivity contribution in [3.63, 3.8) is 0 Å². The summed E-state index contributed by atoms with van der Waals surface area (Å²) in [5.74, 6) is 0.136. The molecule has 0 saturated carbocycles. The van der Waals surface area contributed by atoms with Gasteiger partial charge in [-0.2, -0.15) is 0 Å². The molecule has 0 aliphatic carbocycles. The minimum absolute atomic E-state index is 0.136. The monoisotopic (exact) mass is 266 g/mol. The number of halogens is 1. The summed E-state index contributed by atoms with van der Waals surface area (Å²) >= 11 is 3.06. The van der Waals surface area contributed by atoms with Crippen LogP contribution in [0.5, 0.6) is 0 Å². The fourth-order valence-electron chi connectivity index (χ4n) is 0.875. The Morgan fingerprint density at radius 2 is 2.14 bits per heavy atom. The number of alkyl halides is 1. The molecule has 0 fully saturated rings. The van der Waals surface area contributed by atoms with Gasteiger partial charge >= 0.3 is 6.09 Å². The van der Waals surface area contributed by atoms with E-state index in [-0.39, 0.29) is 11.8 Å². The van der Waals surface area contributed by atoms with Gasteiger partial charge in [0.2, 0.25) is 0 Å². The van der Waals surface area contributed by atoms with Crippen molar-refractivity contribution in [2.75, 3.05) is 18.4 Å². The van der Waals surface area contributed by atoms with Crippen LogP contribution in [0.3, 0.4) is 0 Å². The van der Waals surface area contributed by atoms with Crippen molar-refractivity contribution >= 4 is 27.8 Å². The van der Waals surface area contributed by atoms with E-state index < -0.39 is 6.09 Å². The fourth-order valence-corrected chi connectivity index (χ4v) is 1.16. The van der Waals surface area contributed by atoms with Crippen molar-refractivity contribution in [2.45, 2.75) is 19.4 Å². The van der Waals surface area contributed by atoms with Crippen LogP contribution in [0.15, 0.2) is 0 Å². The summed E-state index contributed by atoms with van der Waals surface area (Å²) in [5, 5.41) is 14.0. The predicted octanol–water partition coefficient (Wildman–Crippen LogP) is 0.586. The molecule has 0 heterocycles. The average molecular weight is 267 g/mol. The van der Waals surface area contributed by atoms with Gasteiger partial charge in [-0.25, -0.2) is 4.79 Å². The Hall–Kier alpha value is -0.620. The molecule has 0 aromatic rings. The molecule has 0 aromatic carbocycles. The van der Waals surface area contributed by atoms with Gasteiger partial charge in [-0.15, -0.1) is 0 Å². The third-order valence-corrected chi connectivity index (χ3v) is 2.18. The van der Waals surface area contributed by atoms with E-state index in [2.05, 4.69) is 26.6 Å². The van der Waals surface area contributed by atoms with E-state index in [4.69, 9.17) is 5.11 Å². The van der Waals surface area contributed by atoms with Crippen LogP contribution < -0.4 is 10.6 Å². The number of Topliss-reactive ketones (excluding diaryl/α,β-unsaturated/α-hetero) is 1. The van der Waals surface area contributed by atoms with Crippen LogP contribution in [-0.4, -0.2) is 41.4 Å². The zero-order valence-corrected chi connectivity index (χ0v) is 9.63. The van der Waals surface area contributed by atoms with Gasteiger partial charge < -0.3 is 15.7 Å². The summed E-state index contributed by atoms with van der Waals surface area (Å²) in [7, 11) is 0. The highest BCUT2D eigenvalue weighted by Crippen LogP contribution is 1.87. The zero-order valence-electron chi connectivity index (χ0n) is 8.05. The number of rotatable bonds is 7. The molecule has 0 aromatic heterocycles. The lowest BCUT2D eigenvalue weighted by Crippen LogP contribution is -2.39. The predicted molar refractivity (Wildman–Crippen MR) is 56.9 cm³/mol. The van der Waals surface area contributed by atoms with Gasteiger partial charge in [-0.1, -0.05) is 15.9 Å². The Morgan fingerprint density at radius 3 is 2.64 bits per heavy atom. The van der Waals surface area contributed by atoms with E-state index in [0.717, 1.165) is 0 Å². The molecule has 6 heteroatoms. The summed E-state index contributed by atoms with van der Waals surface area (Å²) in [6.07, 6.45) is -0.568. The van der Waals surface area contributed by atoms with Crippen LogP contribution in [0.4, 0.5) is 4.79 Å². The second-order valence-corrected chi connectivity index (χ2v) is 3.54. The van der Waals surface area contributed by atoms with Crippen molar-refractivity contribution < 1.29 is 14.7 Å². The quantitative estimate of drug-likeness (QED) is 0.466. The normalized spacial score (nSPS) is 12.1. The van der Waals surface area contributed by atoms with Crippen LogP contribution in [0, 0.1) is 0 Å². The molecule has 0 aliphatic rings. The molecule has 0 radical (unpaired) electrons. The van der Waals surface area contributed by atoms with E-state index in [1.165, 1.54) is 0 Å². The van der Waals surface area contributed by atoms with Crippen LogP contribution in [0.2, 0.25) is 0 Å². The van der Waals surface area contributed by atoms with Crippen molar-refractivity contribution in [3.05, 3.63) is 0 Å². The molecule has 0 aliphatic heterocycles. The third-order valence-electron chi connectivity index (χ3n) is 1.55. The SMILES string of the molecule is C[C@@H](CNCCC(=O)CBr)NC(=O)O. The molecule has 1 amide bonds. The van der Waals surface area contributed by atoms with E-state index in [1.54, 1.807) is 6.92 Å². The van der Waals surface area contributed by atoms with Gasteiger partial charge in [0.15, 0.2) is 0 Å². The first-order valence-corrected chi connectivity index (χ1v) is 5.46. The molecule has 0 unspecified atom stereocenters. The van der Waals surface area contributed by atoms with Gasteiger partial charge in [0, 0.05) is 25.6 Å². The van der Waals surface area contributed by atoms with E-state index in [1.807, 2.05) is 0 Å².